The van der Waals surface area contributed by atoms with Crippen LogP contribution in [0.25, 0.3) is 0 Å². The summed E-state index contributed by atoms with van der Waals surface area (Å²) >= 11 is 0. The van der Waals surface area contributed by atoms with Gasteiger partial charge in [-0.25, -0.2) is 0 Å². The number of pyridine rings is 1. The molecule has 0 N–H and O–H groups in total. The molecule has 1 aromatic rings. The topological polar surface area (TPSA) is 22.1 Å². The Morgan fingerprint density at radius 2 is 2.33 bits per heavy atom. The molecule has 0 saturated heterocycles. The molecular formula is C10H11NO. The van der Waals surface area contributed by atoms with E-state index in [9.17, 15) is 0 Å². The summed E-state index contributed by atoms with van der Waals surface area (Å²) in [6.07, 6.45) is 3.41. The monoisotopic (exact) mass is 161 g/mol. The molecule has 0 aliphatic carbocycles. The minimum Gasteiger partial charge on any atom is -0.492 e. The lowest BCUT2D eigenvalue weighted by molar-refractivity contribution is 0.339. The van der Waals surface area contributed by atoms with Crippen LogP contribution in [-0.2, 0) is 0 Å². The van der Waals surface area contributed by atoms with Crippen molar-refractivity contribution >= 4 is 0 Å². The van der Waals surface area contributed by atoms with E-state index >= 15 is 0 Å². The molecular weight excluding hydrogens is 150 g/mol. The first-order valence-electron chi connectivity index (χ1n) is 3.87. The first-order chi connectivity index (χ1) is 5.86. The van der Waals surface area contributed by atoms with Crippen LogP contribution in [0.2, 0.25) is 0 Å². The average molecular weight is 161 g/mol. The summed E-state index contributed by atoms with van der Waals surface area (Å²) in [5.41, 5.74) is 0.892. The molecule has 0 aliphatic rings. The third kappa shape index (κ3) is 2.28. The smallest absolute Gasteiger partial charge is 0.138 e. The second-order valence-electron chi connectivity index (χ2n) is 2.22. The lowest BCUT2D eigenvalue weighted by Gasteiger charge is -2.00. The molecule has 12 heavy (non-hydrogen) atoms. The molecule has 0 atom stereocenters. The van der Waals surface area contributed by atoms with Gasteiger partial charge in [-0.2, -0.15) is 0 Å². The van der Waals surface area contributed by atoms with E-state index in [1.165, 1.54) is 0 Å². The number of nitrogens with zero attached hydrogens (tertiary/aromatic N) is 1. The van der Waals surface area contributed by atoms with Crippen LogP contribution in [0, 0.1) is 11.8 Å². The number of ether oxygens (including phenoxy) is 1. The van der Waals surface area contributed by atoms with Crippen LogP contribution in [-0.4, -0.2) is 11.6 Å². The van der Waals surface area contributed by atoms with Crippen molar-refractivity contribution in [3.05, 3.63) is 24.0 Å². The molecule has 0 bridgehead atoms. The first-order valence-corrected chi connectivity index (χ1v) is 3.87. The average Bonchev–Trinajstić information content (AvgIpc) is 2.06. The zero-order valence-electron chi connectivity index (χ0n) is 7.29. The van der Waals surface area contributed by atoms with Crippen LogP contribution in [0.5, 0.6) is 5.75 Å². The summed E-state index contributed by atoms with van der Waals surface area (Å²) in [6.45, 7) is 4.40. The van der Waals surface area contributed by atoms with E-state index in [1.807, 2.05) is 13.0 Å². The summed E-state index contributed by atoms with van der Waals surface area (Å²) in [5, 5.41) is 0. The Bertz CT molecular complexity index is 309. The Labute approximate surface area is 72.6 Å². The van der Waals surface area contributed by atoms with E-state index in [4.69, 9.17) is 4.74 Å². The van der Waals surface area contributed by atoms with E-state index < -0.39 is 0 Å². The van der Waals surface area contributed by atoms with Gasteiger partial charge in [0.15, 0.2) is 0 Å². The predicted molar refractivity (Wildman–Crippen MR) is 48.0 cm³/mol. The Kier molecular flexibility index (Phi) is 3.16. The maximum Gasteiger partial charge on any atom is 0.138 e. The normalized spacial score (nSPS) is 8.50. The Hall–Kier alpha value is -1.49. The molecule has 0 unspecified atom stereocenters. The standard InChI is InChI=1S/C10H11NO/c1-3-5-9-6-10(12-4-2)8-11-7-9/h6-8H,4H2,1-2H3. The number of hydrogen-bond acceptors (Lipinski definition) is 2. The zero-order chi connectivity index (χ0) is 8.81. The van der Waals surface area contributed by atoms with Crippen LogP contribution in [0.1, 0.15) is 19.4 Å². The van der Waals surface area contributed by atoms with Crippen LogP contribution in [0.3, 0.4) is 0 Å². The Morgan fingerprint density at radius 1 is 1.50 bits per heavy atom. The van der Waals surface area contributed by atoms with Gasteiger partial charge in [0, 0.05) is 11.8 Å². The van der Waals surface area contributed by atoms with Crippen LogP contribution >= 0.6 is 0 Å². The van der Waals surface area contributed by atoms with E-state index in [0.29, 0.717) is 6.61 Å². The van der Waals surface area contributed by atoms with Gasteiger partial charge < -0.3 is 4.74 Å². The minimum atomic E-state index is 0.657. The van der Waals surface area contributed by atoms with E-state index in [1.54, 1.807) is 19.3 Å². The van der Waals surface area contributed by atoms with Crippen LogP contribution in [0.4, 0.5) is 0 Å². The van der Waals surface area contributed by atoms with Crippen molar-refractivity contribution in [2.45, 2.75) is 13.8 Å². The molecule has 1 heterocycles. The summed E-state index contributed by atoms with van der Waals surface area (Å²) in [5.74, 6) is 6.50. The summed E-state index contributed by atoms with van der Waals surface area (Å²) in [4.78, 5) is 3.99. The molecule has 1 rings (SSSR count). The van der Waals surface area contributed by atoms with Gasteiger partial charge in [0.25, 0.3) is 0 Å². The molecule has 0 saturated carbocycles. The molecule has 0 amide bonds. The largest absolute Gasteiger partial charge is 0.492 e. The van der Waals surface area contributed by atoms with Crippen molar-refractivity contribution in [2.75, 3.05) is 6.61 Å². The highest BCUT2D eigenvalue weighted by molar-refractivity contribution is 5.36. The van der Waals surface area contributed by atoms with Gasteiger partial charge in [-0.05, 0) is 19.9 Å². The molecule has 2 nitrogen and oxygen atoms in total. The SMILES string of the molecule is CC#Cc1cncc(OCC)c1. The van der Waals surface area contributed by atoms with Gasteiger partial charge in [-0.15, -0.1) is 5.92 Å². The lowest BCUT2D eigenvalue weighted by atomic mass is 10.3. The lowest BCUT2D eigenvalue weighted by Crippen LogP contribution is -1.92. The third-order valence-electron chi connectivity index (χ3n) is 1.29. The fourth-order valence-corrected chi connectivity index (χ4v) is 0.877. The second kappa shape index (κ2) is 4.40. The summed E-state index contributed by atoms with van der Waals surface area (Å²) < 4.78 is 5.26. The fraction of sp³-hybridized carbons (Fsp3) is 0.300. The summed E-state index contributed by atoms with van der Waals surface area (Å²) in [7, 11) is 0. The molecule has 2 heteroatoms. The summed E-state index contributed by atoms with van der Waals surface area (Å²) in [6, 6.07) is 1.88. The van der Waals surface area contributed by atoms with Gasteiger partial charge >= 0.3 is 0 Å². The van der Waals surface area contributed by atoms with Crippen molar-refractivity contribution in [1.29, 1.82) is 0 Å². The van der Waals surface area contributed by atoms with Gasteiger partial charge in [0.2, 0.25) is 0 Å². The molecule has 0 radical (unpaired) electrons. The maximum absolute atomic E-state index is 5.26. The quantitative estimate of drug-likeness (QED) is 0.617. The van der Waals surface area contributed by atoms with Crippen molar-refractivity contribution in [1.82, 2.24) is 4.98 Å². The van der Waals surface area contributed by atoms with Gasteiger partial charge in [-0.1, -0.05) is 5.92 Å². The minimum absolute atomic E-state index is 0.657. The molecule has 0 aromatic carbocycles. The highest BCUT2D eigenvalue weighted by Crippen LogP contribution is 2.09. The van der Waals surface area contributed by atoms with Gasteiger partial charge in [-0.3, -0.25) is 4.98 Å². The van der Waals surface area contributed by atoms with Crippen molar-refractivity contribution in [3.63, 3.8) is 0 Å². The maximum atomic E-state index is 5.26. The van der Waals surface area contributed by atoms with Crippen molar-refractivity contribution in [3.8, 4) is 17.6 Å². The molecule has 0 aliphatic heterocycles. The fourth-order valence-electron chi connectivity index (χ4n) is 0.877. The first kappa shape index (κ1) is 8.61. The zero-order valence-corrected chi connectivity index (χ0v) is 7.29. The van der Waals surface area contributed by atoms with E-state index in [-0.39, 0.29) is 0 Å². The Balaban J connectivity index is 2.85. The van der Waals surface area contributed by atoms with Crippen molar-refractivity contribution < 1.29 is 4.74 Å². The van der Waals surface area contributed by atoms with Gasteiger partial charge in [0.1, 0.15) is 5.75 Å². The highest BCUT2D eigenvalue weighted by atomic mass is 16.5. The molecule has 1 aromatic heterocycles. The van der Waals surface area contributed by atoms with Crippen LogP contribution in [0.15, 0.2) is 18.5 Å². The van der Waals surface area contributed by atoms with Crippen molar-refractivity contribution in [2.24, 2.45) is 0 Å². The van der Waals surface area contributed by atoms with E-state index in [2.05, 4.69) is 16.8 Å². The second-order valence-corrected chi connectivity index (χ2v) is 2.22. The molecule has 0 spiro atoms. The predicted octanol–water partition coefficient (Wildman–Crippen LogP) is 1.85. The molecule has 0 fully saturated rings. The number of aromatic nitrogens is 1. The Morgan fingerprint density at radius 3 is 3.00 bits per heavy atom. The number of rotatable bonds is 2. The third-order valence-corrected chi connectivity index (χ3v) is 1.29. The van der Waals surface area contributed by atoms with Crippen LogP contribution < -0.4 is 4.74 Å². The number of hydrogen-bond donors (Lipinski definition) is 0. The van der Waals surface area contributed by atoms with Gasteiger partial charge in [0.05, 0.1) is 12.8 Å². The highest BCUT2D eigenvalue weighted by Gasteiger charge is 1.92. The van der Waals surface area contributed by atoms with E-state index in [0.717, 1.165) is 11.3 Å². The molecule has 62 valence electrons.